The first-order chi connectivity index (χ1) is 22.6. The zero-order valence-electron chi connectivity index (χ0n) is 25.4. The number of nitrogens with zero attached hydrogens (tertiary/aromatic N) is 4. The lowest BCUT2D eigenvalue weighted by Gasteiger charge is -2.23. The summed E-state index contributed by atoms with van der Waals surface area (Å²) in [4.78, 5) is 21.2. The maximum absolute atomic E-state index is 5.41. The second-order valence-electron chi connectivity index (χ2n) is 12.3. The van der Waals surface area contributed by atoms with Gasteiger partial charge >= 0.3 is 0 Å². The summed E-state index contributed by atoms with van der Waals surface area (Å²) in [5.41, 5.74) is 10.0. The highest BCUT2D eigenvalue weighted by Gasteiger charge is 2.40. The zero-order chi connectivity index (χ0) is 30.8. The van der Waals surface area contributed by atoms with Crippen molar-refractivity contribution in [2.24, 2.45) is 0 Å². The van der Waals surface area contributed by atoms with Crippen LogP contribution in [0.3, 0.4) is 0 Å². The Morgan fingerprint density at radius 2 is 1.02 bits per heavy atom. The molecule has 8 aromatic rings. The molecule has 0 fully saturated rings. The molecule has 9 rings (SSSR count). The molecule has 0 atom stereocenters. The summed E-state index contributed by atoms with van der Waals surface area (Å²) in [5, 5.41) is 2.57. The summed E-state index contributed by atoms with van der Waals surface area (Å²) in [7, 11) is 0. The molecular formula is C41H28N4S. The van der Waals surface area contributed by atoms with Crippen LogP contribution in [0.5, 0.6) is 0 Å². The highest BCUT2D eigenvalue weighted by Crippen LogP contribution is 2.56. The first kappa shape index (κ1) is 26.8. The fraction of sp³-hybridized carbons (Fsp3) is 0.0732. The number of rotatable bonds is 4. The van der Waals surface area contributed by atoms with Gasteiger partial charge in [-0.25, -0.2) is 19.9 Å². The van der Waals surface area contributed by atoms with Gasteiger partial charge in [-0.05, 0) is 22.8 Å². The first-order valence-corrected chi connectivity index (χ1v) is 16.3. The lowest BCUT2D eigenvalue weighted by molar-refractivity contribution is 0.666. The van der Waals surface area contributed by atoms with Crippen LogP contribution < -0.4 is 0 Å². The Hall–Kier alpha value is -5.52. The number of pyridine rings is 1. The van der Waals surface area contributed by atoms with E-state index >= 15 is 0 Å². The summed E-state index contributed by atoms with van der Waals surface area (Å²) >= 11 is 1.78. The van der Waals surface area contributed by atoms with E-state index in [1.165, 1.54) is 37.7 Å². The van der Waals surface area contributed by atoms with Crippen molar-refractivity contribution in [1.29, 1.82) is 0 Å². The lowest BCUT2D eigenvalue weighted by atomic mass is 9.80. The number of benzene rings is 5. The van der Waals surface area contributed by atoms with E-state index < -0.39 is 0 Å². The van der Waals surface area contributed by atoms with Crippen molar-refractivity contribution in [3.63, 3.8) is 0 Å². The molecule has 1 aliphatic carbocycles. The number of hydrogen-bond donors (Lipinski definition) is 0. The van der Waals surface area contributed by atoms with Crippen LogP contribution in [0.2, 0.25) is 0 Å². The van der Waals surface area contributed by atoms with Gasteiger partial charge in [0, 0.05) is 48.7 Å². The molecular weight excluding hydrogens is 581 g/mol. The zero-order valence-corrected chi connectivity index (χ0v) is 26.2. The predicted molar refractivity (Wildman–Crippen MR) is 190 cm³/mol. The quantitative estimate of drug-likeness (QED) is 0.199. The van der Waals surface area contributed by atoms with Gasteiger partial charge in [0.2, 0.25) is 0 Å². The van der Waals surface area contributed by atoms with Crippen LogP contribution in [0, 0.1) is 0 Å². The van der Waals surface area contributed by atoms with E-state index in [9.17, 15) is 0 Å². The van der Waals surface area contributed by atoms with Gasteiger partial charge in [0.25, 0.3) is 0 Å². The van der Waals surface area contributed by atoms with Crippen molar-refractivity contribution in [3.8, 4) is 56.5 Å². The van der Waals surface area contributed by atoms with Gasteiger partial charge in [-0.1, -0.05) is 141 Å². The third-order valence-corrected chi connectivity index (χ3v) is 10.2. The normalized spacial score (nSPS) is 13.2. The van der Waals surface area contributed by atoms with Crippen molar-refractivity contribution in [3.05, 3.63) is 145 Å². The van der Waals surface area contributed by atoms with Crippen molar-refractivity contribution in [2.45, 2.75) is 19.3 Å². The highest BCUT2D eigenvalue weighted by molar-refractivity contribution is 7.25. The largest absolute Gasteiger partial charge is 0.236 e. The van der Waals surface area contributed by atoms with Crippen LogP contribution in [0.4, 0.5) is 0 Å². The van der Waals surface area contributed by atoms with Gasteiger partial charge in [-0.3, -0.25) is 0 Å². The fourth-order valence-corrected chi connectivity index (χ4v) is 8.03. The maximum Gasteiger partial charge on any atom is 0.164 e. The van der Waals surface area contributed by atoms with Crippen molar-refractivity contribution in [1.82, 2.24) is 19.9 Å². The van der Waals surface area contributed by atoms with Gasteiger partial charge in [-0.15, -0.1) is 11.3 Å². The van der Waals surface area contributed by atoms with Crippen molar-refractivity contribution < 1.29 is 0 Å². The van der Waals surface area contributed by atoms with Gasteiger partial charge in [0.15, 0.2) is 17.5 Å². The van der Waals surface area contributed by atoms with Gasteiger partial charge in [0.05, 0.1) is 5.69 Å². The molecule has 5 heteroatoms. The molecule has 0 saturated carbocycles. The molecule has 0 amide bonds. The van der Waals surface area contributed by atoms with E-state index in [1.54, 1.807) is 11.3 Å². The minimum Gasteiger partial charge on any atom is -0.236 e. The molecule has 0 spiro atoms. The molecule has 0 unspecified atom stereocenters. The van der Waals surface area contributed by atoms with E-state index in [0.717, 1.165) is 32.8 Å². The van der Waals surface area contributed by atoms with Gasteiger partial charge in [-0.2, -0.15) is 0 Å². The van der Waals surface area contributed by atoms with E-state index in [4.69, 9.17) is 19.9 Å². The monoisotopic (exact) mass is 608 g/mol. The van der Waals surface area contributed by atoms with Crippen LogP contribution in [-0.4, -0.2) is 19.9 Å². The molecule has 0 radical (unpaired) electrons. The second-order valence-corrected chi connectivity index (χ2v) is 13.3. The van der Waals surface area contributed by atoms with E-state index in [0.29, 0.717) is 17.5 Å². The molecule has 218 valence electrons. The van der Waals surface area contributed by atoms with Crippen LogP contribution >= 0.6 is 11.3 Å². The standard InChI is InChI=1S/C41H28N4S/c1-41(2)31-19-11-9-17-29(31)33-35(41)34-30-18-10-12-20-32(30)46-40(34)42-36(33)25-21-23-28(24-22-25)39-44-37(26-13-5-3-6-14-26)43-38(45-39)27-15-7-4-8-16-27/h3-24H,1-2H3. The summed E-state index contributed by atoms with van der Waals surface area (Å²) in [6, 6.07) is 46.3. The minimum atomic E-state index is -0.155. The third-order valence-electron chi connectivity index (χ3n) is 9.14. The van der Waals surface area contributed by atoms with Crippen LogP contribution in [-0.2, 0) is 5.41 Å². The van der Waals surface area contributed by atoms with Crippen LogP contribution in [0.25, 0.3) is 76.9 Å². The van der Waals surface area contributed by atoms with E-state index in [1.807, 2.05) is 60.7 Å². The Labute approximate surface area is 271 Å². The summed E-state index contributed by atoms with van der Waals surface area (Å²) in [5.74, 6) is 1.95. The lowest BCUT2D eigenvalue weighted by Crippen LogP contribution is -2.15. The number of fused-ring (bicyclic) bond motifs is 7. The van der Waals surface area contributed by atoms with E-state index in [-0.39, 0.29) is 5.41 Å². The highest BCUT2D eigenvalue weighted by atomic mass is 32.1. The Bertz CT molecular complexity index is 2370. The fourth-order valence-electron chi connectivity index (χ4n) is 6.95. The minimum absolute atomic E-state index is 0.155. The SMILES string of the molecule is CC1(C)c2ccccc2-c2c(-c3ccc(-c4nc(-c5ccccc5)nc(-c5ccccc5)n4)cc3)nc3sc4ccccc4c3c21. The summed E-state index contributed by atoms with van der Waals surface area (Å²) in [6.45, 7) is 4.71. The average Bonchev–Trinajstić information content (AvgIpc) is 3.60. The second kappa shape index (κ2) is 10.3. The Balaban J connectivity index is 1.23. The predicted octanol–water partition coefficient (Wildman–Crippen LogP) is 10.6. The maximum atomic E-state index is 5.41. The molecule has 0 aliphatic heterocycles. The first-order valence-electron chi connectivity index (χ1n) is 15.5. The molecule has 0 bridgehead atoms. The third kappa shape index (κ3) is 4.12. The van der Waals surface area contributed by atoms with Crippen LogP contribution in [0.15, 0.2) is 133 Å². The topological polar surface area (TPSA) is 51.6 Å². The molecule has 3 aromatic heterocycles. The molecule has 3 heterocycles. The molecule has 46 heavy (non-hydrogen) atoms. The molecule has 4 nitrogen and oxygen atoms in total. The number of aromatic nitrogens is 4. The summed E-state index contributed by atoms with van der Waals surface area (Å²) in [6.07, 6.45) is 0. The smallest absolute Gasteiger partial charge is 0.164 e. The van der Waals surface area contributed by atoms with Crippen molar-refractivity contribution >= 4 is 31.6 Å². The number of thiophene rings is 1. The van der Waals surface area contributed by atoms with Gasteiger partial charge in [0.1, 0.15) is 4.83 Å². The Morgan fingerprint density at radius 1 is 0.500 bits per heavy atom. The molecule has 5 aromatic carbocycles. The molecule has 0 saturated heterocycles. The molecule has 0 N–H and O–H groups in total. The van der Waals surface area contributed by atoms with Crippen LogP contribution in [0.1, 0.15) is 25.0 Å². The Kier molecular flexibility index (Phi) is 5.99. The summed E-state index contributed by atoms with van der Waals surface area (Å²) < 4.78 is 1.27. The van der Waals surface area contributed by atoms with Gasteiger partial charge < -0.3 is 0 Å². The van der Waals surface area contributed by atoms with Crippen molar-refractivity contribution in [2.75, 3.05) is 0 Å². The average molecular weight is 609 g/mol. The van der Waals surface area contributed by atoms with E-state index in [2.05, 4.69) is 86.6 Å². The number of hydrogen-bond acceptors (Lipinski definition) is 5. The molecule has 1 aliphatic rings. The Morgan fingerprint density at radius 3 is 1.67 bits per heavy atom.